The van der Waals surface area contributed by atoms with Crippen molar-refractivity contribution in [1.29, 1.82) is 0 Å². The molecule has 0 atom stereocenters. The molecule has 0 unspecified atom stereocenters. The lowest BCUT2D eigenvalue weighted by molar-refractivity contribution is -0.118. The molecular formula is C24H24ClFN4O4. The van der Waals surface area contributed by atoms with Gasteiger partial charge in [-0.2, -0.15) is 4.98 Å². The molecule has 0 saturated heterocycles. The predicted molar refractivity (Wildman–Crippen MR) is 125 cm³/mol. The molecule has 0 bridgehead atoms. The molecule has 4 rings (SSSR count). The number of aromatic nitrogens is 2. The summed E-state index contributed by atoms with van der Waals surface area (Å²) in [6.45, 7) is 0.306. The highest BCUT2D eigenvalue weighted by atomic mass is 35.5. The summed E-state index contributed by atoms with van der Waals surface area (Å²) in [5.74, 6) is -0.795. The van der Waals surface area contributed by atoms with E-state index in [2.05, 4.69) is 4.98 Å². The highest BCUT2D eigenvalue weighted by Gasteiger charge is 2.36. The number of carbonyl (C=O) groups is 2. The third-order valence-corrected chi connectivity index (χ3v) is 5.80. The van der Waals surface area contributed by atoms with Crippen molar-refractivity contribution in [2.45, 2.75) is 19.4 Å². The van der Waals surface area contributed by atoms with Gasteiger partial charge in [-0.15, -0.1) is 0 Å². The second-order valence-corrected chi connectivity index (χ2v) is 8.35. The molecule has 0 radical (unpaired) electrons. The van der Waals surface area contributed by atoms with Crippen LogP contribution in [0.2, 0.25) is 5.02 Å². The summed E-state index contributed by atoms with van der Waals surface area (Å²) < 4.78 is 21.2. The molecule has 1 aromatic heterocycles. The van der Waals surface area contributed by atoms with Crippen LogP contribution in [-0.4, -0.2) is 58.1 Å². The molecule has 1 aliphatic heterocycles. The highest BCUT2D eigenvalue weighted by Crippen LogP contribution is 2.32. The van der Waals surface area contributed by atoms with Crippen molar-refractivity contribution in [2.75, 3.05) is 31.6 Å². The Morgan fingerprint density at radius 3 is 2.62 bits per heavy atom. The normalized spacial score (nSPS) is 13.8. The van der Waals surface area contributed by atoms with Crippen molar-refractivity contribution in [3.05, 3.63) is 70.6 Å². The number of nitrogens with zero attached hydrogens (tertiary/aromatic N) is 4. The average molecular weight is 487 g/mol. The minimum Gasteiger partial charge on any atom is -0.425 e. The molecule has 1 aliphatic rings. The summed E-state index contributed by atoms with van der Waals surface area (Å²) in [5.41, 5.74) is 1.18. The fourth-order valence-corrected chi connectivity index (χ4v) is 3.86. The number of carbonyl (C=O) groups excluding carboxylic acids is 2. The van der Waals surface area contributed by atoms with Gasteiger partial charge in [-0.3, -0.25) is 19.1 Å². The quantitative estimate of drug-likeness (QED) is 0.526. The molecule has 8 nitrogen and oxygen atoms in total. The maximum atomic E-state index is 13.7. The molecule has 34 heavy (non-hydrogen) atoms. The van der Waals surface area contributed by atoms with Crippen LogP contribution in [0.5, 0.6) is 11.8 Å². The molecule has 0 saturated carbocycles. The van der Waals surface area contributed by atoms with Crippen molar-refractivity contribution in [1.82, 2.24) is 14.5 Å². The van der Waals surface area contributed by atoms with Gasteiger partial charge in [0.1, 0.15) is 18.1 Å². The summed E-state index contributed by atoms with van der Waals surface area (Å²) in [6, 6.07) is 13.0. The molecule has 178 valence electrons. The summed E-state index contributed by atoms with van der Waals surface area (Å²) in [4.78, 5) is 33.4. The van der Waals surface area contributed by atoms with Gasteiger partial charge < -0.3 is 14.7 Å². The lowest BCUT2D eigenvalue weighted by atomic mass is 10.1. The Hall–Kier alpha value is -3.43. The number of amides is 2. The zero-order chi connectivity index (χ0) is 24.2. The Balaban J connectivity index is 1.76. The number of halogens is 2. The van der Waals surface area contributed by atoms with E-state index < -0.39 is 5.82 Å². The zero-order valence-electron chi connectivity index (χ0n) is 18.6. The van der Waals surface area contributed by atoms with Crippen LogP contribution in [0, 0.1) is 5.82 Å². The topological polar surface area (TPSA) is 87.9 Å². The lowest BCUT2D eigenvalue weighted by Crippen LogP contribution is -2.39. The first-order valence-electron chi connectivity index (χ1n) is 10.8. The van der Waals surface area contributed by atoms with Crippen LogP contribution >= 0.6 is 11.6 Å². The number of likely N-dealkylation sites (N-methyl/N-ethyl adjacent to an activating group) is 1. The van der Waals surface area contributed by atoms with Crippen molar-refractivity contribution in [3.63, 3.8) is 0 Å². The molecule has 0 aliphatic carbocycles. The van der Waals surface area contributed by atoms with E-state index in [-0.39, 0.29) is 54.8 Å². The van der Waals surface area contributed by atoms with Gasteiger partial charge in [0.15, 0.2) is 11.5 Å². The molecule has 2 amide bonds. The number of hydrogen-bond donors (Lipinski definition) is 1. The molecule has 1 N–H and O–H groups in total. The number of aliphatic hydroxyl groups is 1. The van der Waals surface area contributed by atoms with Crippen molar-refractivity contribution >= 4 is 29.2 Å². The number of aliphatic hydroxyl groups excluding tert-OH is 1. The first kappa shape index (κ1) is 23.7. The summed E-state index contributed by atoms with van der Waals surface area (Å²) in [5, 5.41) is 9.85. The van der Waals surface area contributed by atoms with Crippen LogP contribution in [0.4, 0.5) is 10.2 Å². The number of rotatable bonds is 8. The lowest BCUT2D eigenvalue weighted by Gasteiger charge is -2.20. The molecule has 0 fully saturated rings. The average Bonchev–Trinajstić information content (AvgIpc) is 3.14. The van der Waals surface area contributed by atoms with E-state index in [1.165, 1.54) is 28.0 Å². The number of ether oxygens (including phenoxy) is 1. The molecule has 2 heterocycles. The van der Waals surface area contributed by atoms with Gasteiger partial charge in [0.2, 0.25) is 5.91 Å². The van der Waals surface area contributed by atoms with E-state index in [0.29, 0.717) is 24.4 Å². The van der Waals surface area contributed by atoms with Crippen LogP contribution in [0.15, 0.2) is 48.5 Å². The molecule has 0 spiro atoms. The van der Waals surface area contributed by atoms with E-state index in [9.17, 15) is 19.1 Å². The molecule has 10 heteroatoms. The van der Waals surface area contributed by atoms with Gasteiger partial charge in [0.05, 0.1) is 0 Å². The Labute approximate surface area is 201 Å². The number of anilines is 1. The Bertz CT molecular complexity index is 1200. The smallest absolute Gasteiger partial charge is 0.304 e. The van der Waals surface area contributed by atoms with E-state index >= 15 is 0 Å². The van der Waals surface area contributed by atoms with Gasteiger partial charge in [-0.1, -0.05) is 29.8 Å². The Kier molecular flexibility index (Phi) is 7.14. The van der Waals surface area contributed by atoms with Gasteiger partial charge in [0, 0.05) is 37.8 Å². The largest absolute Gasteiger partial charge is 0.425 e. The van der Waals surface area contributed by atoms with Crippen LogP contribution in [-0.2, 0) is 17.8 Å². The van der Waals surface area contributed by atoms with Crippen molar-refractivity contribution in [3.8, 4) is 11.8 Å². The first-order chi connectivity index (χ1) is 16.4. The minimum atomic E-state index is -0.475. The van der Waals surface area contributed by atoms with Crippen LogP contribution in [0.1, 0.15) is 22.5 Å². The summed E-state index contributed by atoms with van der Waals surface area (Å²) in [7, 11) is 1.55. The van der Waals surface area contributed by atoms with Crippen LogP contribution < -0.4 is 9.64 Å². The Morgan fingerprint density at radius 2 is 1.91 bits per heavy atom. The summed E-state index contributed by atoms with van der Waals surface area (Å²) in [6.07, 6.45) is 0.866. The monoisotopic (exact) mass is 486 g/mol. The molecule has 3 aromatic rings. The Morgan fingerprint density at radius 1 is 1.15 bits per heavy atom. The molecular weight excluding hydrogens is 463 g/mol. The standard InChI is InChI=1S/C24H24ClFN4O4/c1-28-20(32)15-29(11-3-13-31)23(33)21-22(28)27-24(34-19-5-2-4-18(26)14-19)30(21)12-10-16-6-8-17(25)9-7-16/h2,4-9,14,31H,3,10-13,15H2,1H3. The third kappa shape index (κ3) is 5.05. The van der Waals surface area contributed by atoms with Crippen LogP contribution in [0.25, 0.3) is 0 Å². The number of benzene rings is 2. The number of imidazole rings is 1. The predicted octanol–water partition coefficient (Wildman–Crippen LogP) is 3.51. The minimum absolute atomic E-state index is 0.0709. The van der Waals surface area contributed by atoms with E-state index in [1.54, 1.807) is 29.8 Å². The first-order valence-corrected chi connectivity index (χ1v) is 11.2. The maximum absolute atomic E-state index is 13.7. The van der Waals surface area contributed by atoms with E-state index in [0.717, 1.165) is 5.56 Å². The maximum Gasteiger partial charge on any atom is 0.304 e. The van der Waals surface area contributed by atoms with Crippen LogP contribution in [0.3, 0.4) is 0 Å². The fraction of sp³-hybridized carbons (Fsp3) is 0.292. The number of fused-ring (bicyclic) bond motifs is 1. The van der Waals surface area contributed by atoms with Gasteiger partial charge >= 0.3 is 6.01 Å². The van der Waals surface area contributed by atoms with Crippen molar-refractivity contribution in [2.24, 2.45) is 0 Å². The fourth-order valence-electron chi connectivity index (χ4n) is 3.73. The second-order valence-electron chi connectivity index (χ2n) is 7.91. The third-order valence-electron chi connectivity index (χ3n) is 5.55. The SMILES string of the molecule is CN1C(=O)CN(CCCO)C(=O)c2c1nc(Oc1cccc(F)c1)n2CCc1ccc(Cl)cc1. The number of aryl methyl sites for hydroxylation is 1. The van der Waals surface area contributed by atoms with Gasteiger partial charge in [-0.05, 0) is 42.7 Å². The van der Waals surface area contributed by atoms with E-state index in [4.69, 9.17) is 16.3 Å². The number of hydrogen-bond acceptors (Lipinski definition) is 5. The van der Waals surface area contributed by atoms with Gasteiger partial charge in [0.25, 0.3) is 5.91 Å². The van der Waals surface area contributed by atoms with Crippen molar-refractivity contribution < 1.29 is 23.8 Å². The summed E-state index contributed by atoms with van der Waals surface area (Å²) >= 11 is 5.99. The van der Waals surface area contributed by atoms with Gasteiger partial charge in [-0.25, -0.2) is 4.39 Å². The zero-order valence-corrected chi connectivity index (χ0v) is 19.3. The second kappa shape index (κ2) is 10.2. The molecule has 2 aromatic carbocycles. The van der Waals surface area contributed by atoms with E-state index in [1.807, 2.05) is 12.1 Å². The highest BCUT2D eigenvalue weighted by molar-refractivity contribution is 6.30.